The van der Waals surface area contributed by atoms with Gasteiger partial charge in [-0.3, -0.25) is 4.79 Å². The van der Waals surface area contributed by atoms with Crippen LogP contribution in [0.4, 0.5) is 5.82 Å². The first-order valence-corrected chi connectivity index (χ1v) is 7.72. The van der Waals surface area contributed by atoms with Crippen LogP contribution in [0.15, 0.2) is 32.1 Å². The minimum atomic E-state index is -0.108. The third kappa shape index (κ3) is 3.67. The lowest BCUT2D eigenvalue weighted by atomic mass is 10.4. The van der Waals surface area contributed by atoms with E-state index in [-0.39, 0.29) is 5.56 Å². The first kappa shape index (κ1) is 15.2. The van der Waals surface area contributed by atoms with E-state index < -0.39 is 0 Å². The van der Waals surface area contributed by atoms with E-state index in [1.165, 1.54) is 0 Å². The lowest BCUT2D eigenvalue weighted by Gasteiger charge is -2.09. The van der Waals surface area contributed by atoms with Crippen molar-refractivity contribution < 1.29 is 0 Å². The smallest absolute Gasteiger partial charge is 0.265 e. The maximum atomic E-state index is 12.0. The molecule has 0 unspecified atom stereocenters. The summed E-state index contributed by atoms with van der Waals surface area (Å²) in [5, 5.41) is 3.15. The van der Waals surface area contributed by atoms with Gasteiger partial charge in [-0.1, -0.05) is 0 Å². The van der Waals surface area contributed by atoms with Gasteiger partial charge in [0.25, 0.3) is 5.56 Å². The van der Waals surface area contributed by atoms with Crippen molar-refractivity contribution in [1.82, 2.24) is 14.5 Å². The summed E-state index contributed by atoms with van der Waals surface area (Å²) in [7, 11) is 0. The van der Waals surface area contributed by atoms with E-state index >= 15 is 0 Å². The van der Waals surface area contributed by atoms with Gasteiger partial charge in [-0.15, -0.1) is 0 Å². The van der Waals surface area contributed by atoms with Gasteiger partial charge in [0, 0.05) is 29.0 Å². The van der Waals surface area contributed by atoms with Crippen LogP contribution in [0.1, 0.15) is 18.4 Å². The average Bonchev–Trinajstić information content (AvgIpc) is 2.35. The Labute approximate surface area is 133 Å². The topological polar surface area (TPSA) is 59.8 Å². The molecule has 0 bridgehead atoms. The highest BCUT2D eigenvalue weighted by Crippen LogP contribution is 2.14. The molecule has 0 aromatic carbocycles. The van der Waals surface area contributed by atoms with Gasteiger partial charge in [-0.25, -0.2) is 9.97 Å². The molecule has 0 fully saturated rings. The van der Waals surface area contributed by atoms with Gasteiger partial charge in [0.05, 0.1) is 11.0 Å². The molecule has 0 radical (unpaired) electrons. The lowest BCUT2D eigenvalue weighted by molar-refractivity contribution is 0.706. The van der Waals surface area contributed by atoms with Crippen LogP contribution in [-0.4, -0.2) is 21.1 Å². The number of anilines is 1. The van der Waals surface area contributed by atoms with E-state index in [0.717, 1.165) is 22.5 Å². The number of pyridine rings is 1. The SMILES string of the molecule is CCNc1cc(C)nc(Cn2cc(Br)cc(Br)c2=O)n1. The Morgan fingerprint density at radius 2 is 2.05 bits per heavy atom. The van der Waals surface area contributed by atoms with Crippen molar-refractivity contribution >= 4 is 37.7 Å². The molecule has 2 heterocycles. The maximum absolute atomic E-state index is 12.0. The Morgan fingerprint density at radius 1 is 1.30 bits per heavy atom. The molecule has 0 saturated carbocycles. The predicted octanol–water partition coefficient (Wildman–Crippen LogP) is 2.95. The molecule has 0 aliphatic rings. The van der Waals surface area contributed by atoms with E-state index in [0.29, 0.717) is 16.8 Å². The number of nitrogens with zero attached hydrogens (tertiary/aromatic N) is 3. The second-order valence-electron chi connectivity index (χ2n) is 4.28. The van der Waals surface area contributed by atoms with Gasteiger partial charge in [0.2, 0.25) is 0 Å². The first-order chi connectivity index (χ1) is 9.49. The van der Waals surface area contributed by atoms with Gasteiger partial charge in [0.15, 0.2) is 5.82 Å². The maximum Gasteiger partial charge on any atom is 0.265 e. The molecular formula is C13H14Br2N4O. The molecule has 5 nitrogen and oxygen atoms in total. The Kier molecular flexibility index (Phi) is 4.93. The van der Waals surface area contributed by atoms with Crippen molar-refractivity contribution in [3.05, 3.63) is 49.1 Å². The largest absolute Gasteiger partial charge is 0.370 e. The fraction of sp³-hybridized carbons (Fsp3) is 0.308. The zero-order valence-corrected chi connectivity index (χ0v) is 14.3. The van der Waals surface area contributed by atoms with Gasteiger partial charge >= 0.3 is 0 Å². The van der Waals surface area contributed by atoms with Crippen LogP contribution in [0.2, 0.25) is 0 Å². The minimum Gasteiger partial charge on any atom is -0.370 e. The summed E-state index contributed by atoms with van der Waals surface area (Å²) in [4.78, 5) is 20.8. The molecule has 0 saturated heterocycles. The molecule has 2 aromatic heterocycles. The van der Waals surface area contributed by atoms with Gasteiger partial charge < -0.3 is 9.88 Å². The van der Waals surface area contributed by atoms with Crippen LogP contribution >= 0.6 is 31.9 Å². The highest BCUT2D eigenvalue weighted by atomic mass is 79.9. The van der Waals surface area contributed by atoms with Crippen molar-refractivity contribution in [2.45, 2.75) is 20.4 Å². The zero-order valence-electron chi connectivity index (χ0n) is 11.2. The van der Waals surface area contributed by atoms with Gasteiger partial charge in [-0.05, 0) is 51.8 Å². The second-order valence-corrected chi connectivity index (χ2v) is 6.05. The third-order valence-electron chi connectivity index (χ3n) is 2.58. The van der Waals surface area contributed by atoms with Crippen molar-refractivity contribution in [2.24, 2.45) is 0 Å². The molecule has 0 spiro atoms. The standard InChI is InChI=1S/C13H14Br2N4O/c1-3-16-11-4-8(2)17-12(18-11)7-19-6-9(14)5-10(15)13(19)20/h4-6H,3,7H2,1-2H3,(H,16,17,18). The van der Waals surface area contributed by atoms with E-state index in [4.69, 9.17) is 0 Å². The molecule has 2 rings (SSSR count). The summed E-state index contributed by atoms with van der Waals surface area (Å²) in [6.45, 7) is 5.04. The van der Waals surface area contributed by atoms with Crippen molar-refractivity contribution in [1.29, 1.82) is 0 Å². The molecule has 20 heavy (non-hydrogen) atoms. The monoisotopic (exact) mass is 400 g/mol. The number of hydrogen-bond acceptors (Lipinski definition) is 4. The Hall–Kier alpha value is -1.21. The molecule has 0 aliphatic carbocycles. The molecule has 2 aromatic rings. The summed E-state index contributed by atoms with van der Waals surface area (Å²) < 4.78 is 2.90. The fourth-order valence-electron chi connectivity index (χ4n) is 1.81. The molecule has 0 amide bonds. The Bertz CT molecular complexity index is 685. The van der Waals surface area contributed by atoms with E-state index in [2.05, 4.69) is 47.1 Å². The molecule has 0 atom stereocenters. The number of halogens is 2. The van der Waals surface area contributed by atoms with Crippen LogP contribution in [0.25, 0.3) is 0 Å². The molecule has 0 aliphatic heterocycles. The highest BCUT2D eigenvalue weighted by molar-refractivity contribution is 9.11. The van der Waals surface area contributed by atoms with Crippen LogP contribution < -0.4 is 10.9 Å². The van der Waals surface area contributed by atoms with E-state index in [1.807, 2.05) is 19.9 Å². The second kappa shape index (κ2) is 6.49. The molecule has 106 valence electrons. The van der Waals surface area contributed by atoms with Crippen LogP contribution in [0, 0.1) is 6.92 Å². The summed E-state index contributed by atoms with van der Waals surface area (Å²) in [5.74, 6) is 1.38. The summed E-state index contributed by atoms with van der Waals surface area (Å²) in [6.07, 6.45) is 1.73. The van der Waals surface area contributed by atoms with E-state index in [9.17, 15) is 4.79 Å². The van der Waals surface area contributed by atoms with Crippen molar-refractivity contribution in [3.8, 4) is 0 Å². The summed E-state index contributed by atoms with van der Waals surface area (Å²) >= 11 is 6.62. The molecule has 7 heteroatoms. The quantitative estimate of drug-likeness (QED) is 0.855. The number of aryl methyl sites for hydroxylation is 1. The Balaban J connectivity index is 2.37. The normalized spacial score (nSPS) is 10.6. The summed E-state index contributed by atoms with van der Waals surface area (Å²) in [5.41, 5.74) is 0.761. The number of aromatic nitrogens is 3. The first-order valence-electron chi connectivity index (χ1n) is 6.13. The number of hydrogen-bond donors (Lipinski definition) is 1. The van der Waals surface area contributed by atoms with Gasteiger partial charge in [0.1, 0.15) is 5.82 Å². The predicted molar refractivity (Wildman–Crippen MR) is 86.1 cm³/mol. The van der Waals surface area contributed by atoms with Crippen LogP contribution in [-0.2, 0) is 6.54 Å². The highest BCUT2D eigenvalue weighted by Gasteiger charge is 2.07. The van der Waals surface area contributed by atoms with E-state index in [1.54, 1.807) is 16.8 Å². The zero-order chi connectivity index (χ0) is 14.7. The minimum absolute atomic E-state index is 0.108. The lowest BCUT2D eigenvalue weighted by Crippen LogP contribution is -2.22. The van der Waals surface area contributed by atoms with Crippen molar-refractivity contribution in [2.75, 3.05) is 11.9 Å². The molecule has 1 N–H and O–H groups in total. The third-order valence-corrected chi connectivity index (χ3v) is 3.58. The summed E-state index contributed by atoms with van der Waals surface area (Å²) in [6, 6.07) is 3.60. The molecular weight excluding hydrogens is 388 g/mol. The van der Waals surface area contributed by atoms with Crippen LogP contribution in [0.3, 0.4) is 0 Å². The van der Waals surface area contributed by atoms with Crippen LogP contribution in [0.5, 0.6) is 0 Å². The number of nitrogens with one attached hydrogen (secondary N) is 1. The van der Waals surface area contributed by atoms with Gasteiger partial charge in [-0.2, -0.15) is 0 Å². The van der Waals surface area contributed by atoms with Crippen molar-refractivity contribution in [3.63, 3.8) is 0 Å². The number of rotatable bonds is 4. The average molecular weight is 402 g/mol. The Morgan fingerprint density at radius 3 is 2.75 bits per heavy atom. The fourth-order valence-corrected chi connectivity index (χ4v) is 3.06.